The Balaban J connectivity index is 1.66. The van der Waals surface area contributed by atoms with E-state index in [1.165, 1.54) is 23.1 Å². The van der Waals surface area contributed by atoms with E-state index in [0.29, 0.717) is 10.2 Å². The number of nitrogens with one attached hydrogen (secondary N) is 1. The second-order valence-corrected chi connectivity index (χ2v) is 7.76. The summed E-state index contributed by atoms with van der Waals surface area (Å²) in [4.78, 5) is 17.9. The molecule has 122 valence electrons. The Morgan fingerprint density at radius 1 is 1.17 bits per heavy atom. The molecule has 3 aromatic rings. The molecule has 1 heterocycles. The summed E-state index contributed by atoms with van der Waals surface area (Å²) in [5.74, 6) is -0.0658. The van der Waals surface area contributed by atoms with Gasteiger partial charge in [-0.1, -0.05) is 48.0 Å². The summed E-state index contributed by atoms with van der Waals surface area (Å²) in [5.41, 5.74) is 1.63. The van der Waals surface area contributed by atoms with Crippen molar-refractivity contribution in [3.63, 3.8) is 0 Å². The minimum Gasteiger partial charge on any atom is -0.301 e. The molecule has 6 heteroatoms. The second kappa shape index (κ2) is 7.83. The first-order valence-corrected chi connectivity index (χ1v) is 9.50. The van der Waals surface area contributed by atoms with Gasteiger partial charge in [0, 0.05) is 20.9 Å². The number of thiazole rings is 1. The lowest BCUT2D eigenvalue weighted by atomic mass is 10.2. The van der Waals surface area contributed by atoms with Crippen molar-refractivity contribution < 1.29 is 4.79 Å². The van der Waals surface area contributed by atoms with Gasteiger partial charge in [0.2, 0.25) is 5.91 Å². The van der Waals surface area contributed by atoms with Gasteiger partial charge in [0.1, 0.15) is 0 Å². The molecule has 1 aromatic heterocycles. The molecule has 0 fully saturated rings. The van der Waals surface area contributed by atoms with Crippen LogP contribution in [0.1, 0.15) is 6.92 Å². The molecule has 1 N–H and O–H groups in total. The average Bonchev–Trinajstić information content (AvgIpc) is 3.04. The zero-order valence-corrected chi connectivity index (χ0v) is 15.3. The summed E-state index contributed by atoms with van der Waals surface area (Å²) in [5, 5.41) is 5.79. The van der Waals surface area contributed by atoms with Crippen LogP contribution in [-0.4, -0.2) is 16.1 Å². The van der Waals surface area contributed by atoms with Gasteiger partial charge in [-0.25, -0.2) is 4.98 Å². The van der Waals surface area contributed by atoms with Gasteiger partial charge >= 0.3 is 0 Å². The van der Waals surface area contributed by atoms with E-state index in [1.807, 2.05) is 66.9 Å². The summed E-state index contributed by atoms with van der Waals surface area (Å²) >= 11 is 9.10. The SMILES string of the molecule is CC(Sc1ccccc1)C(=O)Nc1nc(-c2ccccc2Cl)cs1. The Morgan fingerprint density at radius 2 is 1.88 bits per heavy atom. The van der Waals surface area contributed by atoms with E-state index in [1.54, 1.807) is 0 Å². The number of anilines is 1. The highest BCUT2D eigenvalue weighted by Crippen LogP contribution is 2.31. The molecule has 0 aliphatic rings. The lowest BCUT2D eigenvalue weighted by Gasteiger charge is -2.10. The lowest BCUT2D eigenvalue weighted by Crippen LogP contribution is -2.22. The zero-order valence-electron chi connectivity index (χ0n) is 12.9. The number of hydrogen-bond donors (Lipinski definition) is 1. The highest BCUT2D eigenvalue weighted by Gasteiger charge is 2.16. The molecular formula is C18H15ClN2OS2. The number of thioether (sulfide) groups is 1. The van der Waals surface area contributed by atoms with Crippen LogP contribution in [0.25, 0.3) is 11.3 Å². The first-order valence-electron chi connectivity index (χ1n) is 7.36. The van der Waals surface area contributed by atoms with Crippen LogP contribution in [-0.2, 0) is 4.79 Å². The molecule has 0 saturated carbocycles. The second-order valence-electron chi connectivity index (χ2n) is 5.08. The largest absolute Gasteiger partial charge is 0.301 e. The zero-order chi connectivity index (χ0) is 16.9. The van der Waals surface area contributed by atoms with Gasteiger partial charge < -0.3 is 5.32 Å². The fraction of sp³-hybridized carbons (Fsp3) is 0.111. The van der Waals surface area contributed by atoms with Crippen LogP contribution in [0.15, 0.2) is 64.9 Å². The van der Waals surface area contributed by atoms with Crippen molar-refractivity contribution in [1.82, 2.24) is 4.98 Å². The van der Waals surface area contributed by atoms with Crippen molar-refractivity contribution in [3.8, 4) is 11.3 Å². The molecule has 0 aliphatic heterocycles. The summed E-state index contributed by atoms with van der Waals surface area (Å²) in [6.07, 6.45) is 0. The fourth-order valence-electron chi connectivity index (χ4n) is 2.09. The molecule has 1 amide bonds. The van der Waals surface area contributed by atoms with E-state index in [4.69, 9.17) is 11.6 Å². The van der Waals surface area contributed by atoms with Gasteiger partial charge in [0.15, 0.2) is 5.13 Å². The number of carbonyl (C=O) groups is 1. The van der Waals surface area contributed by atoms with Gasteiger partial charge in [0.05, 0.1) is 10.9 Å². The smallest absolute Gasteiger partial charge is 0.239 e. The molecule has 3 rings (SSSR count). The van der Waals surface area contributed by atoms with E-state index in [0.717, 1.165) is 16.2 Å². The number of hydrogen-bond acceptors (Lipinski definition) is 4. The number of benzene rings is 2. The number of halogens is 1. The van der Waals surface area contributed by atoms with E-state index in [9.17, 15) is 4.79 Å². The third kappa shape index (κ3) is 4.17. The Labute approximate surface area is 154 Å². The first kappa shape index (κ1) is 17.0. The van der Waals surface area contributed by atoms with Crippen molar-refractivity contribution in [3.05, 3.63) is 65.0 Å². The number of aromatic nitrogens is 1. The standard InChI is InChI=1S/C18H15ClN2OS2/c1-12(24-13-7-3-2-4-8-13)17(22)21-18-20-16(11-23-18)14-9-5-6-10-15(14)19/h2-12H,1H3,(H,20,21,22). The van der Waals surface area contributed by atoms with Crippen LogP contribution < -0.4 is 5.32 Å². The average molecular weight is 375 g/mol. The predicted octanol–water partition coefficient (Wildman–Crippen LogP) is 5.58. The lowest BCUT2D eigenvalue weighted by molar-refractivity contribution is -0.115. The van der Waals surface area contributed by atoms with Crippen LogP contribution >= 0.6 is 34.7 Å². The van der Waals surface area contributed by atoms with Crippen LogP contribution in [0.5, 0.6) is 0 Å². The number of carbonyl (C=O) groups excluding carboxylic acids is 1. The first-order chi connectivity index (χ1) is 11.6. The van der Waals surface area contributed by atoms with Crippen LogP contribution in [0.4, 0.5) is 5.13 Å². The van der Waals surface area contributed by atoms with E-state index < -0.39 is 0 Å². The van der Waals surface area contributed by atoms with E-state index >= 15 is 0 Å². The Morgan fingerprint density at radius 3 is 2.62 bits per heavy atom. The molecule has 0 aliphatic carbocycles. The highest BCUT2D eigenvalue weighted by molar-refractivity contribution is 8.00. The third-order valence-corrected chi connectivity index (χ3v) is 5.51. The summed E-state index contributed by atoms with van der Waals surface area (Å²) < 4.78 is 0. The van der Waals surface area contributed by atoms with Gasteiger partial charge in [-0.2, -0.15) is 0 Å². The molecule has 0 spiro atoms. The molecule has 1 atom stereocenters. The van der Waals surface area contributed by atoms with Gasteiger partial charge in [-0.3, -0.25) is 4.79 Å². The van der Waals surface area contributed by atoms with Crippen LogP contribution in [0, 0.1) is 0 Å². The number of rotatable bonds is 5. The summed E-state index contributed by atoms with van der Waals surface area (Å²) in [6.45, 7) is 1.88. The quantitative estimate of drug-likeness (QED) is 0.592. The molecule has 0 radical (unpaired) electrons. The Hall–Kier alpha value is -1.82. The molecule has 0 saturated heterocycles. The molecule has 1 unspecified atom stereocenters. The minimum absolute atomic E-state index is 0.0658. The van der Waals surface area contributed by atoms with Gasteiger partial charge in [-0.05, 0) is 25.1 Å². The Bertz CT molecular complexity index is 836. The molecule has 24 heavy (non-hydrogen) atoms. The van der Waals surface area contributed by atoms with E-state index in [-0.39, 0.29) is 11.2 Å². The predicted molar refractivity (Wildman–Crippen MR) is 103 cm³/mol. The van der Waals surface area contributed by atoms with Gasteiger partial charge in [0.25, 0.3) is 0 Å². The minimum atomic E-state index is -0.208. The maximum Gasteiger partial charge on any atom is 0.239 e. The van der Waals surface area contributed by atoms with Crippen LogP contribution in [0.3, 0.4) is 0 Å². The van der Waals surface area contributed by atoms with Crippen LogP contribution in [0.2, 0.25) is 5.02 Å². The number of amides is 1. The Kier molecular flexibility index (Phi) is 5.56. The third-order valence-electron chi connectivity index (χ3n) is 3.31. The van der Waals surface area contributed by atoms with Crippen molar-refractivity contribution >= 4 is 45.7 Å². The monoisotopic (exact) mass is 374 g/mol. The van der Waals surface area contributed by atoms with Gasteiger partial charge in [-0.15, -0.1) is 23.1 Å². The molecule has 3 nitrogen and oxygen atoms in total. The summed E-state index contributed by atoms with van der Waals surface area (Å²) in [7, 11) is 0. The number of nitrogens with zero attached hydrogens (tertiary/aromatic N) is 1. The van der Waals surface area contributed by atoms with Crippen molar-refractivity contribution in [2.24, 2.45) is 0 Å². The maximum atomic E-state index is 12.3. The maximum absolute atomic E-state index is 12.3. The molecule has 2 aromatic carbocycles. The highest BCUT2D eigenvalue weighted by atomic mass is 35.5. The molecular weight excluding hydrogens is 360 g/mol. The summed E-state index contributed by atoms with van der Waals surface area (Å²) in [6, 6.07) is 17.4. The fourth-order valence-corrected chi connectivity index (χ4v) is 3.92. The topological polar surface area (TPSA) is 42.0 Å². The van der Waals surface area contributed by atoms with Crippen molar-refractivity contribution in [1.29, 1.82) is 0 Å². The normalized spacial score (nSPS) is 11.9. The molecule has 0 bridgehead atoms. The van der Waals surface area contributed by atoms with Crippen molar-refractivity contribution in [2.75, 3.05) is 5.32 Å². The van der Waals surface area contributed by atoms with Crippen molar-refractivity contribution in [2.45, 2.75) is 17.1 Å². The van der Waals surface area contributed by atoms with E-state index in [2.05, 4.69) is 10.3 Å².